The number of aromatic nitrogens is 1. The van der Waals surface area contributed by atoms with Gasteiger partial charge in [-0.2, -0.15) is 0 Å². The average Bonchev–Trinajstić information content (AvgIpc) is 3.01. The molecule has 0 atom stereocenters. The molecule has 4 nitrogen and oxygen atoms in total. The molecule has 1 saturated heterocycles. The Hall–Kier alpha value is -0.975. The zero-order valence-electron chi connectivity index (χ0n) is 12.4. The molecule has 3 rings (SSSR count). The second-order valence-electron chi connectivity index (χ2n) is 6.83. The molecule has 0 aromatic carbocycles. The summed E-state index contributed by atoms with van der Waals surface area (Å²) in [6.45, 7) is 7.82. The fraction of sp³-hybridized carbons (Fsp3) is 0.643. The first kappa shape index (κ1) is 14.0. The van der Waals surface area contributed by atoms with Crippen molar-refractivity contribution in [2.75, 3.05) is 0 Å². The van der Waals surface area contributed by atoms with E-state index in [-0.39, 0.29) is 5.82 Å². The van der Waals surface area contributed by atoms with E-state index < -0.39 is 23.9 Å². The SMILES string of the molecule is CC1(C)OB(c2cc(F)c(C3(N)CC3)cn2)OC1(C)C. The highest BCUT2D eigenvalue weighted by atomic mass is 19.1. The van der Waals surface area contributed by atoms with Crippen molar-refractivity contribution >= 4 is 12.7 Å². The number of nitrogens with zero attached hydrogens (tertiary/aromatic N) is 1. The van der Waals surface area contributed by atoms with Crippen LogP contribution in [0.5, 0.6) is 0 Å². The molecular formula is C14H20BFN2O2. The van der Waals surface area contributed by atoms with Crippen LogP contribution in [0.2, 0.25) is 0 Å². The number of nitrogens with two attached hydrogens (primary N) is 1. The van der Waals surface area contributed by atoms with Crippen molar-refractivity contribution < 1.29 is 13.7 Å². The van der Waals surface area contributed by atoms with Crippen LogP contribution in [0.4, 0.5) is 4.39 Å². The molecule has 1 aliphatic heterocycles. The van der Waals surface area contributed by atoms with Gasteiger partial charge in [0.1, 0.15) is 5.82 Å². The number of halogens is 1. The Morgan fingerprint density at radius 2 is 1.75 bits per heavy atom. The Morgan fingerprint density at radius 1 is 1.20 bits per heavy atom. The van der Waals surface area contributed by atoms with Crippen molar-refractivity contribution in [1.82, 2.24) is 4.98 Å². The second-order valence-corrected chi connectivity index (χ2v) is 6.83. The van der Waals surface area contributed by atoms with E-state index in [1.54, 1.807) is 0 Å². The maximum absolute atomic E-state index is 14.2. The van der Waals surface area contributed by atoms with Gasteiger partial charge in [0, 0.05) is 17.3 Å². The first-order chi connectivity index (χ1) is 9.15. The Morgan fingerprint density at radius 3 is 2.20 bits per heavy atom. The van der Waals surface area contributed by atoms with Crippen LogP contribution in [0.25, 0.3) is 0 Å². The lowest BCUT2D eigenvalue weighted by Gasteiger charge is -2.32. The quantitative estimate of drug-likeness (QED) is 0.832. The first-order valence-corrected chi connectivity index (χ1v) is 6.95. The third-order valence-corrected chi connectivity index (χ3v) is 4.69. The standard InChI is InChI=1S/C14H20BFN2O2/c1-12(2)13(3,4)20-15(19-12)11-7-10(16)9(8-18-11)14(17)5-6-14/h7-8H,5-6,17H2,1-4H3. The number of hydrogen-bond donors (Lipinski definition) is 1. The minimum Gasteiger partial charge on any atom is -0.398 e. The smallest absolute Gasteiger partial charge is 0.398 e. The summed E-state index contributed by atoms with van der Waals surface area (Å²) in [5, 5.41) is 0. The van der Waals surface area contributed by atoms with Gasteiger partial charge in [-0.15, -0.1) is 0 Å². The summed E-state index contributed by atoms with van der Waals surface area (Å²) in [7, 11) is -0.642. The summed E-state index contributed by atoms with van der Waals surface area (Å²) in [5.41, 5.74) is 5.51. The van der Waals surface area contributed by atoms with Crippen molar-refractivity contribution in [3.63, 3.8) is 0 Å². The van der Waals surface area contributed by atoms with Gasteiger partial charge < -0.3 is 15.0 Å². The molecule has 2 aliphatic rings. The van der Waals surface area contributed by atoms with Gasteiger partial charge in [-0.25, -0.2) is 4.39 Å². The summed E-state index contributed by atoms with van der Waals surface area (Å²) in [4.78, 5) is 4.29. The molecule has 1 saturated carbocycles. The van der Waals surface area contributed by atoms with Gasteiger partial charge in [0.2, 0.25) is 0 Å². The molecule has 108 valence electrons. The van der Waals surface area contributed by atoms with E-state index in [0.717, 1.165) is 12.8 Å². The molecule has 0 bridgehead atoms. The third-order valence-electron chi connectivity index (χ3n) is 4.69. The van der Waals surface area contributed by atoms with Crippen LogP contribution in [-0.2, 0) is 14.8 Å². The van der Waals surface area contributed by atoms with Crippen LogP contribution in [0, 0.1) is 5.82 Å². The molecule has 2 fully saturated rings. The predicted molar refractivity (Wildman–Crippen MR) is 75.0 cm³/mol. The zero-order valence-corrected chi connectivity index (χ0v) is 12.4. The topological polar surface area (TPSA) is 57.4 Å². The van der Waals surface area contributed by atoms with Crippen LogP contribution in [0.3, 0.4) is 0 Å². The number of pyridine rings is 1. The fourth-order valence-electron chi connectivity index (χ4n) is 2.31. The average molecular weight is 278 g/mol. The van der Waals surface area contributed by atoms with E-state index in [0.29, 0.717) is 11.2 Å². The minimum absolute atomic E-state index is 0.329. The van der Waals surface area contributed by atoms with Crippen molar-refractivity contribution in [2.24, 2.45) is 5.73 Å². The Bertz CT molecular complexity index is 542. The monoisotopic (exact) mass is 278 g/mol. The molecule has 6 heteroatoms. The Balaban J connectivity index is 1.88. The van der Waals surface area contributed by atoms with E-state index >= 15 is 0 Å². The molecule has 0 amide bonds. The number of hydrogen-bond acceptors (Lipinski definition) is 4. The van der Waals surface area contributed by atoms with Gasteiger partial charge in [-0.05, 0) is 46.6 Å². The van der Waals surface area contributed by atoms with Crippen molar-refractivity contribution in [3.05, 3.63) is 23.6 Å². The van der Waals surface area contributed by atoms with Gasteiger partial charge in [0.15, 0.2) is 0 Å². The van der Waals surface area contributed by atoms with Crippen LogP contribution < -0.4 is 11.3 Å². The van der Waals surface area contributed by atoms with E-state index in [4.69, 9.17) is 15.0 Å². The number of rotatable bonds is 2. The molecule has 0 unspecified atom stereocenters. The second kappa shape index (κ2) is 4.03. The van der Waals surface area contributed by atoms with Crippen LogP contribution >= 0.6 is 0 Å². The van der Waals surface area contributed by atoms with Crippen molar-refractivity contribution in [2.45, 2.75) is 57.3 Å². The Kier molecular flexibility index (Phi) is 2.81. The van der Waals surface area contributed by atoms with Crippen LogP contribution in [0.1, 0.15) is 46.1 Å². The maximum atomic E-state index is 14.2. The molecule has 2 N–H and O–H groups in total. The molecule has 0 radical (unpaired) electrons. The van der Waals surface area contributed by atoms with Gasteiger partial charge in [0.05, 0.1) is 16.8 Å². The lowest BCUT2D eigenvalue weighted by atomic mass is 9.83. The van der Waals surface area contributed by atoms with E-state index in [9.17, 15) is 4.39 Å². The van der Waals surface area contributed by atoms with E-state index in [1.807, 2.05) is 27.7 Å². The Labute approximate surface area is 119 Å². The summed E-state index contributed by atoms with van der Waals surface area (Å²) in [5.74, 6) is -0.329. The summed E-state index contributed by atoms with van der Waals surface area (Å²) in [6, 6.07) is 1.38. The molecule has 1 aromatic rings. The summed E-state index contributed by atoms with van der Waals surface area (Å²) in [6.07, 6.45) is 3.13. The third kappa shape index (κ3) is 2.06. The van der Waals surface area contributed by atoms with Crippen molar-refractivity contribution in [1.29, 1.82) is 0 Å². The normalized spacial score (nSPS) is 25.8. The zero-order chi connectivity index (χ0) is 14.8. The fourth-order valence-corrected chi connectivity index (χ4v) is 2.31. The molecule has 1 aromatic heterocycles. The van der Waals surface area contributed by atoms with Gasteiger partial charge >= 0.3 is 7.12 Å². The lowest BCUT2D eigenvalue weighted by molar-refractivity contribution is 0.00578. The van der Waals surface area contributed by atoms with Gasteiger partial charge in [0.25, 0.3) is 0 Å². The van der Waals surface area contributed by atoms with Crippen LogP contribution in [0.15, 0.2) is 12.3 Å². The molecular weight excluding hydrogens is 258 g/mol. The van der Waals surface area contributed by atoms with Gasteiger partial charge in [-0.3, -0.25) is 4.98 Å². The van der Waals surface area contributed by atoms with Crippen molar-refractivity contribution in [3.8, 4) is 0 Å². The summed E-state index contributed by atoms with van der Waals surface area (Å²) >= 11 is 0. The molecule has 0 spiro atoms. The predicted octanol–water partition coefficient (Wildman–Crippen LogP) is 1.47. The minimum atomic E-state index is -0.642. The largest absolute Gasteiger partial charge is 0.514 e. The first-order valence-electron chi connectivity index (χ1n) is 6.95. The van der Waals surface area contributed by atoms with E-state index in [2.05, 4.69) is 4.98 Å². The molecule has 2 heterocycles. The van der Waals surface area contributed by atoms with Gasteiger partial charge in [-0.1, -0.05) is 0 Å². The van der Waals surface area contributed by atoms with Crippen LogP contribution in [-0.4, -0.2) is 23.3 Å². The van der Waals surface area contributed by atoms with E-state index in [1.165, 1.54) is 12.3 Å². The maximum Gasteiger partial charge on any atom is 0.514 e. The molecule has 20 heavy (non-hydrogen) atoms. The lowest BCUT2D eigenvalue weighted by Crippen LogP contribution is -2.41. The highest BCUT2D eigenvalue weighted by molar-refractivity contribution is 6.61. The highest BCUT2D eigenvalue weighted by Gasteiger charge is 2.52. The molecule has 1 aliphatic carbocycles. The highest BCUT2D eigenvalue weighted by Crippen LogP contribution is 2.43. The summed E-state index contributed by atoms with van der Waals surface area (Å²) < 4.78 is 25.9.